The van der Waals surface area contributed by atoms with Gasteiger partial charge in [0, 0.05) is 22.7 Å². The zero-order chi connectivity index (χ0) is 23.6. The number of carboxylic acid groups (broad SMARTS) is 1. The first-order chi connectivity index (χ1) is 15.7. The Kier molecular flexibility index (Phi) is 6.42. The molecule has 2 aromatic heterocycles. The van der Waals surface area contributed by atoms with Crippen molar-refractivity contribution in [3.63, 3.8) is 0 Å². The molecule has 0 fully saturated rings. The van der Waals surface area contributed by atoms with E-state index in [1.165, 1.54) is 23.5 Å². The van der Waals surface area contributed by atoms with Crippen LogP contribution in [0.4, 0.5) is 13.2 Å². The number of nitrogens with zero attached hydrogens (tertiary/aromatic N) is 2. The van der Waals surface area contributed by atoms with Crippen LogP contribution in [0.1, 0.15) is 29.5 Å². The Hall–Kier alpha value is -3.33. The third-order valence-corrected chi connectivity index (χ3v) is 6.26. The fraction of sp³-hybridized carbons (Fsp3) is 0.250. The molecule has 5 nitrogen and oxygen atoms in total. The van der Waals surface area contributed by atoms with Gasteiger partial charge < -0.3 is 14.4 Å². The second kappa shape index (κ2) is 9.27. The van der Waals surface area contributed by atoms with E-state index in [0.29, 0.717) is 16.3 Å². The Balaban J connectivity index is 1.53. The Bertz CT molecular complexity index is 1280. The molecule has 0 amide bonds. The average molecular weight is 475 g/mol. The summed E-state index contributed by atoms with van der Waals surface area (Å²) in [7, 11) is 0. The molecule has 1 N–H and O–H groups in total. The second-order valence-electron chi connectivity index (χ2n) is 7.56. The van der Waals surface area contributed by atoms with Gasteiger partial charge in [-0.2, -0.15) is 13.2 Å². The van der Waals surface area contributed by atoms with E-state index in [0.717, 1.165) is 46.4 Å². The average Bonchev–Trinajstić information content (AvgIpc) is 3.35. The number of carbonyl (C=O) groups is 1. The molecule has 172 valence electrons. The first-order valence-corrected chi connectivity index (χ1v) is 11.2. The molecule has 2 heterocycles. The molecular formula is C24H21F3N2O3S. The zero-order valence-electron chi connectivity index (χ0n) is 17.7. The van der Waals surface area contributed by atoms with Gasteiger partial charge in [0.05, 0.1) is 16.1 Å². The number of aromatic nitrogens is 2. The number of aliphatic carboxylic acids is 1. The van der Waals surface area contributed by atoms with Crippen LogP contribution in [0.15, 0.2) is 54.7 Å². The van der Waals surface area contributed by atoms with E-state index in [1.807, 2.05) is 25.1 Å². The largest absolute Gasteiger partial charge is 0.488 e. The molecule has 4 aromatic rings. The highest BCUT2D eigenvalue weighted by molar-refractivity contribution is 7.15. The number of hydrogen-bond donors (Lipinski definition) is 1. The van der Waals surface area contributed by atoms with Crippen LogP contribution in [-0.2, 0) is 30.5 Å². The first-order valence-electron chi connectivity index (χ1n) is 10.3. The molecule has 0 atom stereocenters. The minimum Gasteiger partial charge on any atom is -0.488 e. The van der Waals surface area contributed by atoms with Crippen LogP contribution in [0.25, 0.3) is 21.5 Å². The predicted molar refractivity (Wildman–Crippen MR) is 120 cm³/mol. The minimum atomic E-state index is -4.37. The number of ether oxygens (including phenoxy) is 1. The highest BCUT2D eigenvalue weighted by Gasteiger charge is 2.30. The van der Waals surface area contributed by atoms with Crippen molar-refractivity contribution in [2.45, 2.75) is 39.1 Å². The van der Waals surface area contributed by atoms with Crippen LogP contribution in [-0.4, -0.2) is 20.6 Å². The summed E-state index contributed by atoms with van der Waals surface area (Å²) < 4.78 is 46.2. The zero-order valence-corrected chi connectivity index (χ0v) is 18.5. The lowest BCUT2D eigenvalue weighted by Crippen LogP contribution is -2.07. The van der Waals surface area contributed by atoms with Crippen molar-refractivity contribution >= 4 is 28.2 Å². The Morgan fingerprint density at radius 3 is 2.58 bits per heavy atom. The number of halogens is 3. The van der Waals surface area contributed by atoms with Crippen LogP contribution in [0.3, 0.4) is 0 Å². The highest BCUT2D eigenvalue weighted by Crippen LogP contribution is 2.34. The number of benzene rings is 2. The van der Waals surface area contributed by atoms with Crippen LogP contribution in [0, 0.1) is 0 Å². The minimum absolute atomic E-state index is 0.113. The number of thiazole rings is 1. The van der Waals surface area contributed by atoms with Gasteiger partial charge in [0.25, 0.3) is 0 Å². The molecule has 2 aromatic carbocycles. The standard InChI is InChI=1S/C24H21F3N2O3S/c1-2-3-19-21(33-23(28-19)15-4-6-17(7-5-15)24(25,26)27)14-32-18-8-9-20-16(12-18)10-11-29(20)13-22(30)31/h4-12H,2-3,13-14H2,1H3,(H,30,31). The third kappa shape index (κ3) is 5.19. The molecule has 9 heteroatoms. The lowest BCUT2D eigenvalue weighted by Gasteiger charge is -2.07. The van der Waals surface area contributed by atoms with Crippen molar-refractivity contribution in [1.29, 1.82) is 0 Å². The van der Waals surface area contributed by atoms with Gasteiger partial charge in [0.1, 0.15) is 23.9 Å². The summed E-state index contributed by atoms with van der Waals surface area (Å²) >= 11 is 1.41. The van der Waals surface area contributed by atoms with Crippen LogP contribution in [0.2, 0.25) is 0 Å². The van der Waals surface area contributed by atoms with Crippen molar-refractivity contribution in [3.05, 3.63) is 70.9 Å². The number of rotatable bonds is 8. The summed E-state index contributed by atoms with van der Waals surface area (Å²) in [6, 6.07) is 12.3. The monoisotopic (exact) mass is 474 g/mol. The number of alkyl halides is 3. The molecule has 0 unspecified atom stereocenters. The van der Waals surface area contributed by atoms with Crippen molar-refractivity contribution in [2.24, 2.45) is 0 Å². The van der Waals surface area contributed by atoms with Gasteiger partial charge in [-0.25, -0.2) is 4.98 Å². The predicted octanol–water partition coefficient (Wildman–Crippen LogP) is 6.40. The molecular weight excluding hydrogens is 453 g/mol. The number of hydrogen-bond acceptors (Lipinski definition) is 4. The van der Waals surface area contributed by atoms with Gasteiger partial charge >= 0.3 is 12.1 Å². The third-order valence-electron chi connectivity index (χ3n) is 5.14. The summed E-state index contributed by atoms with van der Waals surface area (Å²) in [6.07, 6.45) is -1.02. The quantitative estimate of drug-likeness (QED) is 0.321. The van der Waals surface area contributed by atoms with Crippen LogP contribution < -0.4 is 4.74 Å². The molecule has 0 aliphatic carbocycles. The van der Waals surface area contributed by atoms with Crippen molar-refractivity contribution in [3.8, 4) is 16.3 Å². The summed E-state index contributed by atoms with van der Waals surface area (Å²) in [5.41, 5.74) is 1.63. The van der Waals surface area contributed by atoms with E-state index in [9.17, 15) is 18.0 Å². The van der Waals surface area contributed by atoms with Gasteiger partial charge in [-0.1, -0.05) is 25.5 Å². The Morgan fingerprint density at radius 1 is 1.15 bits per heavy atom. The maximum atomic E-state index is 12.8. The van der Waals surface area contributed by atoms with Crippen LogP contribution >= 0.6 is 11.3 Å². The van der Waals surface area contributed by atoms with E-state index in [4.69, 9.17) is 9.84 Å². The van der Waals surface area contributed by atoms with Crippen molar-refractivity contribution in [1.82, 2.24) is 9.55 Å². The highest BCUT2D eigenvalue weighted by atomic mass is 32.1. The van der Waals surface area contributed by atoms with Gasteiger partial charge in [-0.05, 0) is 42.8 Å². The number of carboxylic acids is 1. The molecule has 0 bridgehead atoms. The summed E-state index contributed by atoms with van der Waals surface area (Å²) in [5, 5.41) is 10.5. The van der Waals surface area contributed by atoms with Gasteiger partial charge in [0.15, 0.2) is 0 Å². The molecule has 0 saturated heterocycles. The van der Waals surface area contributed by atoms with E-state index in [-0.39, 0.29) is 13.2 Å². The van der Waals surface area contributed by atoms with Crippen molar-refractivity contribution < 1.29 is 27.8 Å². The Labute approximate surface area is 192 Å². The number of aryl methyl sites for hydroxylation is 1. The molecule has 0 radical (unpaired) electrons. The lowest BCUT2D eigenvalue weighted by atomic mass is 10.1. The molecule has 4 rings (SSSR count). The van der Waals surface area contributed by atoms with E-state index < -0.39 is 17.7 Å². The van der Waals surface area contributed by atoms with E-state index in [1.54, 1.807) is 16.8 Å². The van der Waals surface area contributed by atoms with Gasteiger partial charge in [-0.15, -0.1) is 11.3 Å². The maximum absolute atomic E-state index is 12.8. The summed E-state index contributed by atoms with van der Waals surface area (Å²) in [6.45, 7) is 2.21. The van der Waals surface area contributed by atoms with Crippen molar-refractivity contribution in [2.75, 3.05) is 0 Å². The van der Waals surface area contributed by atoms with Gasteiger partial charge in [-0.3, -0.25) is 4.79 Å². The van der Waals surface area contributed by atoms with Crippen LogP contribution in [0.5, 0.6) is 5.75 Å². The summed E-state index contributed by atoms with van der Waals surface area (Å²) in [5.74, 6) is -0.271. The summed E-state index contributed by atoms with van der Waals surface area (Å²) in [4.78, 5) is 16.6. The topological polar surface area (TPSA) is 64.4 Å². The van der Waals surface area contributed by atoms with E-state index >= 15 is 0 Å². The molecule has 0 aliphatic rings. The lowest BCUT2D eigenvalue weighted by molar-refractivity contribution is -0.138. The molecule has 0 spiro atoms. The molecule has 0 aliphatic heterocycles. The normalized spacial score (nSPS) is 11.8. The fourth-order valence-electron chi connectivity index (χ4n) is 3.55. The van der Waals surface area contributed by atoms with E-state index in [2.05, 4.69) is 4.98 Å². The maximum Gasteiger partial charge on any atom is 0.416 e. The fourth-order valence-corrected chi connectivity index (χ4v) is 4.58. The first kappa shape index (κ1) is 22.8. The Morgan fingerprint density at radius 2 is 1.91 bits per heavy atom. The number of fused-ring (bicyclic) bond motifs is 1. The smallest absolute Gasteiger partial charge is 0.416 e. The SMILES string of the molecule is CCCc1nc(-c2ccc(C(F)(F)F)cc2)sc1COc1ccc2c(ccn2CC(=O)O)c1. The van der Waals surface area contributed by atoms with Gasteiger partial charge in [0.2, 0.25) is 0 Å². The molecule has 0 saturated carbocycles. The molecule has 33 heavy (non-hydrogen) atoms. The second-order valence-corrected chi connectivity index (χ2v) is 8.64.